The molecule has 0 fully saturated rings. The van der Waals surface area contributed by atoms with Crippen molar-refractivity contribution in [1.29, 1.82) is 0 Å². The van der Waals surface area contributed by atoms with Crippen LogP contribution in [0.25, 0.3) is 32.7 Å². The summed E-state index contributed by atoms with van der Waals surface area (Å²) in [6.07, 6.45) is 0.682. The molecule has 0 aliphatic heterocycles. The molecule has 0 saturated heterocycles. The molecule has 0 aliphatic carbocycles. The minimum Gasteiger partial charge on any atom is -1.00 e. The predicted octanol–water partition coefficient (Wildman–Crippen LogP) is 6.23. The molecule has 9 heteroatoms. The maximum absolute atomic E-state index is 12.0. The minimum absolute atomic E-state index is 0. The quantitative estimate of drug-likeness (QED) is 0.0981. The summed E-state index contributed by atoms with van der Waals surface area (Å²) in [5.74, 6) is -3.57. The van der Waals surface area contributed by atoms with Crippen molar-refractivity contribution >= 4 is 57.2 Å². The number of aryl methyl sites for hydroxylation is 2. The van der Waals surface area contributed by atoms with Gasteiger partial charge in [0.05, 0.1) is 11.1 Å². The number of phenolic OH excluding ortho intramolecular Hbond substituents is 6. The molecule has 4 aromatic carbocycles. The van der Waals surface area contributed by atoms with Gasteiger partial charge in [0.1, 0.15) is 11.5 Å². The van der Waals surface area contributed by atoms with E-state index in [-0.39, 0.29) is 70.8 Å². The second-order valence-corrected chi connectivity index (χ2v) is 10.3. The standard InChI is InChI=1S/C30H30O8.Mg.2H/c1-11(2)19-15-7-13(5)21(27(35)23(15)17(9-31)25(33)29(19)37)22-14(6)8-16-20(12(3)4)30(38)26(34)18(10-32)24(16)28(22)36;;;/h7-12,33-38H,1-6H3;;;/q;+2;2*-1. The van der Waals surface area contributed by atoms with Gasteiger partial charge in [-0.05, 0) is 47.6 Å². The SMILES string of the molecule is Cc1cc2c(C(C)C)c(O)c(O)c(C=O)c2c(O)c1-c1c(C)cc2c(C(C)C)c(O)c(O)c(C=O)c2c1O.[H-].[H-].[Mg+2]. The van der Waals surface area contributed by atoms with E-state index in [0.717, 1.165) is 0 Å². The molecule has 4 rings (SSSR count). The molecule has 202 valence electrons. The zero-order chi connectivity index (χ0) is 28.4. The number of hydrogen-bond donors (Lipinski definition) is 6. The molecule has 4 aromatic rings. The molecule has 0 aromatic heterocycles. The van der Waals surface area contributed by atoms with Crippen LogP contribution in [0.4, 0.5) is 0 Å². The van der Waals surface area contributed by atoms with Gasteiger partial charge in [-0.1, -0.05) is 39.8 Å². The van der Waals surface area contributed by atoms with Gasteiger partial charge in [-0.25, -0.2) is 0 Å². The number of benzene rings is 4. The zero-order valence-corrected chi connectivity index (χ0v) is 24.1. The van der Waals surface area contributed by atoms with E-state index in [0.29, 0.717) is 45.6 Å². The van der Waals surface area contributed by atoms with Gasteiger partial charge in [-0.3, -0.25) is 9.59 Å². The summed E-state index contributed by atoms with van der Waals surface area (Å²) in [6.45, 7) is 10.5. The van der Waals surface area contributed by atoms with Gasteiger partial charge in [0, 0.05) is 33.0 Å². The van der Waals surface area contributed by atoms with E-state index in [1.165, 1.54) is 0 Å². The Kier molecular flexibility index (Phi) is 8.01. The van der Waals surface area contributed by atoms with Gasteiger partial charge in [0.25, 0.3) is 0 Å². The fourth-order valence-corrected chi connectivity index (χ4v) is 5.60. The maximum atomic E-state index is 12.0. The van der Waals surface area contributed by atoms with Crippen LogP contribution in [0, 0.1) is 13.8 Å². The Bertz CT molecular complexity index is 1570. The normalized spacial score (nSPS) is 11.4. The number of fused-ring (bicyclic) bond motifs is 2. The number of hydrogen-bond acceptors (Lipinski definition) is 8. The molecule has 0 atom stereocenters. The van der Waals surface area contributed by atoms with Gasteiger partial charge in [0.2, 0.25) is 0 Å². The summed E-state index contributed by atoms with van der Waals surface area (Å²) in [5, 5.41) is 66.4. The first-order chi connectivity index (χ1) is 17.8. The molecule has 0 unspecified atom stereocenters. The molecule has 0 bridgehead atoms. The first kappa shape index (κ1) is 29.9. The molecule has 0 saturated carbocycles. The Morgan fingerprint density at radius 2 is 0.897 bits per heavy atom. The minimum atomic E-state index is -0.661. The van der Waals surface area contributed by atoms with E-state index in [1.54, 1.807) is 53.7 Å². The van der Waals surface area contributed by atoms with Gasteiger partial charge in [-0.2, -0.15) is 0 Å². The molecule has 6 N–H and O–H groups in total. The number of phenols is 6. The smallest absolute Gasteiger partial charge is 1.00 e. The third-order valence-corrected chi connectivity index (χ3v) is 7.22. The first-order valence-electron chi connectivity index (χ1n) is 12.2. The number of aromatic hydroxyl groups is 6. The van der Waals surface area contributed by atoms with Crippen molar-refractivity contribution < 1.29 is 43.1 Å². The van der Waals surface area contributed by atoms with E-state index in [4.69, 9.17) is 0 Å². The van der Waals surface area contributed by atoms with Crippen molar-refractivity contribution in [2.45, 2.75) is 53.4 Å². The number of aldehydes is 2. The predicted molar refractivity (Wildman–Crippen MR) is 153 cm³/mol. The molecule has 39 heavy (non-hydrogen) atoms. The second-order valence-electron chi connectivity index (χ2n) is 10.3. The van der Waals surface area contributed by atoms with Crippen LogP contribution in [0.5, 0.6) is 34.5 Å². The van der Waals surface area contributed by atoms with Crippen molar-refractivity contribution in [2.24, 2.45) is 0 Å². The van der Waals surface area contributed by atoms with E-state index in [1.807, 2.05) is 0 Å². The van der Waals surface area contributed by atoms with Crippen LogP contribution < -0.4 is 0 Å². The van der Waals surface area contributed by atoms with Crippen molar-refractivity contribution in [1.82, 2.24) is 0 Å². The first-order valence-corrected chi connectivity index (χ1v) is 12.2. The van der Waals surface area contributed by atoms with Crippen LogP contribution in [0.1, 0.15) is 85.4 Å². The second kappa shape index (κ2) is 10.5. The van der Waals surface area contributed by atoms with Crippen LogP contribution in [0.3, 0.4) is 0 Å². The van der Waals surface area contributed by atoms with E-state index >= 15 is 0 Å². The molecule has 0 radical (unpaired) electrons. The maximum Gasteiger partial charge on any atom is 2.00 e. The third-order valence-electron chi connectivity index (χ3n) is 7.22. The van der Waals surface area contributed by atoms with Crippen LogP contribution in [0.15, 0.2) is 12.1 Å². The van der Waals surface area contributed by atoms with Crippen molar-refractivity contribution in [3.8, 4) is 45.6 Å². The Labute approximate surface area is 244 Å². The Balaban J connectivity index is 0.00000280. The van der Waals surface area contributed by atoms with E-state index in [9.17, 15) is 40.2 Å². The van der Waals surface area contributed by atoms with E-state index < -0.39 is 34.5 Å². The summed E-state index contributed by atoms with van der Waals surface area (Å²) >= 11 is 0. The molecule has 0 amide bonds. The van der Waals surface area contributed by atoms with Crippen molar-refractivity contribution in [2.75, 3.05) is 0 Å². The summed E-state index contributed by atoms with van der Waals surface area (Å²) in [6, 6.07) is 3.31. The van der Waals surface area contributed by atoms with Crippen LogP contribution in [-0.2, 0) is 0 Å². The van der Waals surface area contributed by atoms with Crippen LogP contribution >= 0.6 is 0 Å². The largest absolute Gasteiger partial charge is 2.00 e. The number of carbonyl (C=O) groups is 2. The molecule has 8 nitrogen and oxygen atoms in total. The van der Waals surface area contributed by atoms with Crippen LogP contribution in [0.2, 0.25) is 0 Å². The average Bonchev–Trinajstić information content (AvgIpc) is 2.83. The van der Waals surface area contributed by atoms with Crippen molar-refractivity contribution in [3.05, 3.63) is 45.5 Å². The van der Waals surface area contributed by atoms with Gasteiger partial charge in [0.15, 0.2) is 35.6 Å². The number of carbonyl (C=O) groups excluding carboxylic acids is 2. The van der Waals surface area contributed by atoms with Gasteiger partial charge < -0.3 is 33.5 Å². The number of rotatable bonds is 5. The fourth-order valence-electron chi connectivity index (χ4n) is 5.60. The molecule has 0 spiro atoms. The Hall–Kier alpha value is -3.69. The van der Waals surface area contributed by atoms with Crippen LogP contribution in [-0.4, -0.2) is 66.3 Å². The molecular formula is C30H32MgO8. The Morgan fingerprint density at radius 3 is 1.15 bits per heavy atom. The average molecular weight is 545 g/mol. The van der Waals surface area contributed by atoms with Gasteiger partial charge >= 0.3 is 23.1 Å². The third kappa shape index (κ3) is 4.20. The molecule has 0 aliphatic rings. The van der Waals surface area contributed by atoms with Gasteiger partial charge in [-0.15, -0.1) is 0 Å². The summed E-state index contributed by atoms with van der Waals surface area (Å²) in [7, 11) is 0. The van der Waals surface area contributed by atoms with E-state index in [2.05, 4.69) is 0 Å². The summed E-state index contributed by atoms with van der Waals surface area (Å²) < 4.78 is 0. The van der Waals surface area contributed by atoms with Crippen molar-refractivity contribution in [3.63, 3.8) is 0 Å². The summed E-state index contributed by atoms with van der Waals surface area (Å²) in [5.41, 5.74) is 1.33. The summed E-state index contributed by atoms with van der Waals surface area (Å²) in [4.78, 5) is 24.0. The molecular weight excluding hydrogens is 513 g/mol. The zero-order valence-electron chi connectivity index (χ0n) is 24.7. The molecule has 0 heterocycles. The topological polar surface area (TPSA) is 156 Å². The monoisotopic (exact) mass is 544 g/mol. The fraction of sp³-hybridized carbons (Fsp3) is 0.267. The Morgan fingerprint density at radius 1 is 0.590 bits per heavy atom.